The molecule has 0 fully saturated rings. The third-order valence-corrected chi connectivity index (χ3v) is 4.15. The van der Waals surface area contributed by atoms with Gasteiger partial charge in [-0.05, 0) is 48.4 Å². The van der Waals surface area contributed by atoms with E-state index in [0.717, 1.165) is 11.1 Å². The number of hydrogen-bond acceptors (Lipinski definition) is 4. The van der Waals surface area contributed by atoms with Crippen LogP contribution in [-0.4, -0.2) is 22.7 Å². The van der Waals surface area contributed by atoms with Gasteiger partial charge in [-0.15, -0.1) is 0 Å². The zero-order valence-corrected chi connectivity index (χ0v) is 14.1. The number of ether oxygens (including phenoxy) is 1. The van der Waals surface area contributed by atoms with Crippen molar-refractivity contribution in [3.05, 3.63) is 93.4 Å². The predicted molar refractivity (Wildman–Crippen MR) is 95.2 cm³/mol. The van der Waals surface area contributed by atoms with E-state index in [-0.39, 0.29) is 11.3 Å². The Morgan fingerprint density at radius 1 is 1.08 bits per heavy atom. The van der Waals surface area contributed by atoms with E-state index in [1.165, 1.54) is 10.7 Å². The monoisotopic (exact) mass is 334 g/mol. The molecule has 0 saturated carbocycles. The fourth-order valence-corrected chi connectivity index (χ4v) is 2.67. The molecule has 0 aliphatic rings. The average molecular weight is 334 g/mol. The van der Waals surface area contributed by atoms with Crippen molar-refractivity contribution in [2.24, 2.45) is 0 Å². The van der Waals surface area contributed by atoms with Gasteiger partial charge >= 0.3 is 0 Å². The van der Waals surface area contributed by atoms with Gasteiger partial charge in [0.25, 0.3) is 5.56 Å². The van der Waals surface area contributed by atoms with E-state index >= 15 is 0 Å². The van der Waals surface area contributed by atoms with Gasteiger partial charge in [0.05, 0.1) is 13.7 Å². The molecule has 0 unspecified atom stereocenters. The number of ketones is 1. The number of hydrogen-bond donors (Lipinski definition) is 0. The maximum Gasteiger partial charge on any atom is 0.267 e. The summed E-state index contributed by atoms with van der Waals surface area (Å²) in [6.07, 6.45) is 1.57. The van der Waals surface area contributed by atoms with Crippen molar-refractivity contribution in [1.82, 2.24) is 9.78 Å². The maximum absolute atomic E-state index is 12.8. The first-order chi connectivity index (χ1) is 12.1. The Morgan fingerprint density at radius 2 is 1.84 bits per heavy atom. The summed E-state index contributed by atoms with van der Waals surface area (Å²) in [4.78, 5) is 24.7. The van der Waals surface area contributed by atoms with Crippen LogP contribution in [0.2, 0.25) is 0 Å². The second kappa shape index (κ2) is 7.13. The zero-order valence-electron chi connectivity index (χ0n) is 14.1. The number of aromatic nitrogens is 2. The molecule has 0 aliphatic carbocycles. The van der Waals surface area contributed by atoms with E-state index in [9.17, 15) is 9.59 Å². The van der Waals surface area contributed by atoms with Gasteiger partial charge in [0.2, 0.25) is 0 Å². The Kier molecular flexibility index (Phi) is 4.75. The van der Waals surface area contributed by atoms with Crippen LogP contribution in [0.4, 0.5) is 0 Å². The molecule has 126 valence electrons. The normalized spacial score (nSPS) is 10.5. The van der Waals surface area contributed by atoms with Crippen molar-refractivity contribution in [1.29, 1.82) is 0 Å². The molecule has 1 aromatic heterocycles. The molecule has 3 aromatic rings. The molecule has 5 heteroatoms. The highest BCUT2D eigenvalue weighted by atomic mass is 16.5. The van der Waals surface area contributed by atoms with Gasteiger partial charge in [0, 0.05) is 23.4 Å². The molecule has 0 N–H and O–H groups in total. The minimum absolute atomic E-state index is 0.0598. The standard InChI is InChI=1S/C20H18N2O3/c1-14-16(13-22-19(23)7-4-12-21-22)5-3-6-18(14)20(24)15-8-10-17(25-2)11-9-15/h3-12H,13H2,1-2H3. The fourth-order valence-electron chi connectivity index (χ4n) is 2.67. The Hall–Kier alpha value is -3.21. The third-order valence-electron chi connectivity index (χ3n) is 4.15. The van der Waals surface area contributed by atoms with E-state index in [4.69, 9.17) is 4.74 Å². The van der Waals surface area contributed by atoms with Crippen molar-refractivity contribution < 1.29 is 9.53 Å². The first-order valence-electron chi connectivity index (χ1n) is 7.89. The van der Waals surface area contributed by atoms with Gasteiger partial charge in [-0.25, -0.2) is 4.68 Å². The average Bonchev–Trinajstić information content (AvgIpc) is 2.65. The Bertz CT molecular complexity index is 959. The maximum atomic E-state index is 12.8. The molecule has 2 aromatic carbocycles. The van der Waals surface area contributed by atoms with Gasteiger partial charge in [-0.2, -0.15) is 5.10 Å². The summed E-state index contributed by atoms with van der Waals surface area (Å²) in [6.45, 7) is 2.22. The van der Waals surface area contributed by atoms with Crippen LogP contribution in [0.3, 0.4) is 0 Å². The van der Waals surface area contributed by atoms with E-state index in [0.29, 0.717) is 23.4 Å². The molecular formula is C20H18N2O3. The van der Waals surface area contributed by atoms with Gasteiger partial charge in [-0.1, -0.05) is 18.2 Å². The largest absolute Gasteiger partial charge is 0.497 e. The second-order valence-corrected chi connectivity index (χ2v) is 5.67. The van der Waals surface area contributed by atoms with Crippen LogP contribution in [0.15, 0.2) is 65.6 Å². The van der Waals surface area contributed by atoms with E-state index in [1.807, 2.05) is 19.1 Å². The SMILES string of the molecule is COc1ccc(C(=O)c2cccc(Cn3ncccc3=O)c2C)cc1. The van der Waals surface area contributed by atoms with Crippen LogP contribution in [0.5, 0.6) is 5.75 Å². The van der Waals surface area contributed by atoms with Crippen LogP contribution >= 0.6 is 0 Å². The Balaban J connectivity index is 1.93. The second-order valence-electron chi connectivity index (χ2n) is 5.67. The van der Waals surface area contributed by atoms with Crippen molar-refractivity contribution >= 4 is 5.78 Å². The number of rotatable bonds is 5. The molecule has 0 spiro atoms. The number of benzene rings is 2. The van der Waals surface area contributed by atoms with Gasteiger partial charge < -0.3 is 4.74 Å². The first kappa shape index (κ1) is 16.6. The summed E-state index contributed by atoms with van der Waals surface area (Å²) < 4.78 is 6.50. The smallest absolute Gasteiger partial charge is 0.267 e. The summed E-state index contributed by atoms with van der Waals surface area (Å²) in [5.74, 6) is 0.645. The number of methoxy groups -OCH3 is 1. The topological polar surface area (TPSA) is 61.2 Å². The summed E-state index contributed by atoms with van der Waals surface area (Å²) in [5, 5.41) is 4.07. The lowest BCUT2D eigenvalue weighted by molar-refractivity contribution is 0.103. The van der Waals surface area contributed by atoms with Crippen LogP contribution < -0.4 is 10.3 Å². The number of nitrogens with zero attached hydrogens (tertiary/aromatic N) is 2. The van der Waals surface area contributed by atoms with Gasteiger partial charge in [0.15, 0.2) is 5.78 Å². The van der Waals surface area contributed by atoms with Crippen LogP contribution in [-0.2, 0) is 6.54 Å². The summed E-state index contributed by atoms with van der Waals surface area (Å²) >= 11 is 0. The van der Waals surface area contributed by atoms with Crippen LogP contribution in [0.25, 0.3) is 0 Å². The molecule has 3 rings (SSSR count). The molecule has 0 aliphatic heterocycles. The Morgan fingerprint density at radius 3 is 2.52 bits per heavy atom. The lowest BCUT2D eigenvalue weighted by Crippen LogP contribution is -2.22. The Labute approximate surface area is 145 Å². The molecule has 5 nitrogen and oxygen atoms in total. The van der Waals surface area contributed by atoms with Gasteiger partial charge in [0.1, 0.15) is 5.75 Å². The molecular weight excluding hydrogens is 316 g/mol. The van der Waals surface area contributed by atoms with Crippen molar-refractivity contribution in [2.75, 3.05) is 7.11 Å². The third kappa shape index (κ3) is 3.50. The number of carbonyl (C=O) groups excluding carboxylic acids is 1. The molecule has 0 atom stereocenters. The lowest BCUT2D eigenvalue weighted by atomic mass is 9.95. The zero-order chi connectivity index (χ0) is 17.8. The van der Waals surface area contributed by atoms with E-state index < -0.39 is 0 Å². The quantitative estimate of drug-likeness (QED) is 0.673. The number of carbonyl (C=O) groups is 1. The van der Waals surface area contributed by atoms with Crippen LogP contribution in [0.1, 0.15) is 27.0 Å². The molecule has 0 amide bonds. The highest BCUT2D eigenvalue weighted by molar-refractivity contribution is 6.10. The highest BCUT2D eigenvalue weighted by Crippen LogP contribution is 2.20. The lowest BCUT2D eigenvalue weighted by Gasteiger charge is -2.12. The minimum atomic E-state index is -0.172. The first-order valence-corrected chi connectivity index (χ1v) is 7.89. The molecule has 1 heterocycles. The summed E-state index contributed by atoms with van der Waals surface area (Å²) in [6, 6.07) is 15.6. The molecule has 0 bridgehead atoms. The van der Waals surface area contributed by atoms with Crippen molar-refractivity contribution in [3.63, 3.8) is 0 Å². The minimum Gasteiger partial charge on any atom is -0.497 e. The fraction of sp³-hybridized carbons (Fsp3) is 0.150. The molecule has 25 heavy (non-hydrogen) atoms. The highest BCUT2D eigenvalue weighted by Gasteiger charge is 2.14. The van der Waals surface area contributed by atoms with Gasteiger partial charge in [-0.3, -0.25) is 9.59 Å². The molecule has 0 saturated heterocycles. The van der Waals surface area contributed by atoms with E-state index in [1.54, 1.807) is 49.7 Å². The van der Waals surface area contributed by atoms with Crippen molar-refractivity contribution in [2.45, 2.75) is 13.5 Å². The predicted octanol–water partition coefficient (Wildman–Crippen LogP) is 2.84. The molecule has 0 radical (unpaired) electrons. The van der Waals surface area contributed by atoms with Crippen molar-refractivity contribution in [3.8, 4) is 5.75 Å². The van der Waals surface area contributed by atoms with E-state index in [2.05, 4.69) is 5.10 Å². The summed E-state index contributed by atoms with van der Waals surface area (Å²) in [7, 11) is 1.59. The van der Waals surface area contributed by atoms with Crippen LogP contribution in [0, 0.1) is 6.92 Å². The summed E-state index contributed by atoms with van der Waals surface area (Å²) in [5.41, 5.74) is 2.78.